The molecule has 0 aromatic heterocycles. The van der Waals surface area contributed by atoms with Crippen molar-refractivity contribution in [2.45, 2.75) is 24.8 Å². The monoisotopic (exact) mass is 324 g/mol. The zero-order chi connectivity index (χ0) is 15.6. The van der Waals surface area contributed by atoms with Gasteiger partial charge in [0, 0.05) is 16.8 Å². The average molecular weight is 325 g/mol. The molecule has 0 heterocycles. The molecule has 2 rings (SSSR count). The molecule has 0 spiro atoms. The maximum atomic E-state index is 12.4. The van der Waals surface area contributed by atoms with Crippen LogP contribution in [0.5, 0.6) is 0 Å². The molecule has 1 unspecified atom stereocenters. The van der Waals surface area contributed by atoms with Crippen LogP contribution in [0.15, 0.2) is 47.4 Å². The van der Waals surface area contributed by atoms with E-state index in [1.54, 1.807) is 50.2 Å². The molecule has 112 valence electrons. The summed E-state index contributed by atoms with van der Waals surface area (Å²) in [5.41, 5.74) is 7.86. The van der Waals surface area contributed by atoms with Gasteiger partial charge >= 0.3 is 0 Å². The Morgan fingerprint density at radius 3 is 2.33 bits per heavy atom. The molecular weight excluding hydrogens is 308 g/mol. The second-order valence-electron chi connectivity index (χ2n) is 4.91. The van der Waals surface area contributed by atoms with Crippen molar-refractivity contribution in [3.05, 3.63) is 58.6 Å². The van der Waals surface area contributed by atoms with Gasteiger partial charge in [-0.15, -0.1) is 0 Å². The quantitative estimate of drug-likeness (QED) is 0.848. The molecule has 3 N–H and O–H groups in total. The lowest BCUT2D eigenvalue weighted by molar-refractivity contribution is 0.567. The van der Waals surface area contributed by atoms with Crippen LogP contribution in [0, 0.1) is 6.92 Å². The SMILES string of the molecule is Cc1cc(S(=O)(=O)NC(C)c2ccc(Cl)cc2)ccc1N. The zero-order valence-corrected chi connectivity index (χ0v) is 13.4. The van der Waals surface area contributed by atoms with Crippen LogP contribution in [0.3, 0.4) is 0 Å². The van der Waals surface area contributed by atoms with Crippen LogP contribution >= 0.6 is 11.6 Å². The number of anilines is 1. The Balaban J connectivity index is 2.24. The van der Waals surface area contributed by atoms with E-state index in [-0.39, 0.29) is 10.9 Å². The fourth-order valence-electron chi connectivity index (χ4n) is 1.94. The number of hydrogen-bond acceptors (Lipinski definition) is 3. The van der Waals surface area contributed by atoms with Crippen LogP contribution in [0.25, 0.3) is 0 Å². The van der Waals surface area contributed by atoms with Gasteiger partial charge in [-0.2, -0.15) is 0 Å². The summed E-state index contributed by atoms with van der Waals surface area (Å²) in [5.74, 6) is 0. The summed E-state index contributed by atoms with van der Waals surface area (Å²) in [6.45, 7) is 3.56. The Kier molecular flexibility index (Phi) is 4.56. The Labute approximate surface area is 130 Å². The van der Waals surface area contributed by atoms with Crippen molar-refractivity contribution >= 4 is 27.3 Å². The predicted molar refractivity (Wildman–Crippen MR) is 85.8 cm³/mol. The van der Waals surface area contributed by atoms with Crippen LogP contribution in [0.4, 0.5) is 5.69 Å². The van der Waals surface area contributed by atoms with Crippen molar-refractivity contribution in [1.29, 1.82) is 0 Å². The van der Waals surface area contributed by atoms with E-state index in [0.29, 0.717) is 10.7 Å². The molecule has 0 saturated carbocycles. The molecule has 0 bridgehead atoms. The smallest absolute Gasteiger partial charge is 0.241 e. The summed E-state index contributed by atoms with van der Waals surface area (Å²) in [7, 11) is -3.60. The van der Waals surface area contributed by atoms with E-state index in [9.17, 15) is 8.42 Å². The standard InChI is InChI=1S/C15H17ClN2O2S/c1-10-9-14(7-8-15(10)17)21(19,20)18-11(2)12-3-5-13(16)6-4-12/h3-9,11,18H,17H2,1-2H3. The lowest BCUT2D eigenvalue weighted by Gasteiger charge is -2.15. The zero-order valence-electron chi connectivity index (χ0n) is 11.8. The minimum absolute atomic E-state index is 0.204. The summed E-state index contributed by atoms with van der Waals surface area (Å²) in [4.78, 5) is 0.204. The van der Waals surface area contributed by atoms with Gasteiger partial charge in [0.2, 0.25) is 10.0 Å². The third kappa shape index (κ3) is 3.75. The van der Waals surface area contributed by atoms with Gasteiger partial charge in [-0.3, -0.25) is 0 Å². The fourth-order valence-corrected chi connectivity index (χ4v) is 3.38. The van der Waals surface area contributed by atoms with Crippen LogP contribution in [0.1, 0.15) is 24.1 Å². The maximum Gasteiger partial charge on any atom is 0.241 e. The molecule has 0 radical (unpaired) electrons. The van der Waals surface area contributed by atoms with E-state index in [1.807, 2.05) is 0 Å². The second kappa shape index (κ2) is 6.05. The molecule has 0 aliphatic carbocycles. The van der Waals surface area contributed by atoms with Gasteiger partial charge in [-0.1, -0.05) is 23.7 Å². The van der Waals surface area contributed by atoms with Crippen molar-refractivity contribution in [2.24, 2.45) is 0 Å². The highest BCUT2D eigenvalue weighted by Gasteiger charge is 2.18. The average Bonchev–Trinajstić information content (AvgIpc) is 2.42. The lowest BCUT2D eigenvalue weighted by atomic mass is 10.1. The van der Waals surface area contributed by atoms with Gasteiger partial charge in [-0.25, -0.2) is 13.1 Å². The van der Waals surface area contributed by atoms with Gasteiger partial charge in [0.15, 0.2) is 0 Å². The minimum Gasteiger partial charge on any atom is -0.399 e. The van der Waals surface area contributed by atoms with Crippen molar-refractivity contribution in [3.8, 4) is 0 Å². The molecule has 4 nitrogen and oxygen atoms in total. The summed E-state index contributed by atoms with van der Waals surface area (Å²) >= 11 is 5.83. The number of halogens is 1. The predicted octanol–water partition coefficient (Wildman–Crippen LogP) is 3.27. The molecule has 1 atom stereocenters. The molecule has 0 amide bonds. The van der Waals surface area contributed by atoms with E-state index >= 15 is 0 Å². The first-order valence-corrected chi connectivity index (χ1v) is 8.29. The lowest BCUT2D eigenvalue weighted by Crippen LogP contribution is -2.27. The van der Waals surface area contributed by atoms with Gasteiger partial charge in [0.25, 0.3) is 0 Å². The van der Waals surface area contributed by atoms with Crippen LogP contribution in [-0.4, -0.2) is 8.42 Å². The molecule has 21 heavy (non-hydrogen) atoms. The Hall–Kier alpha value is -1.56. The normalized spacial score (nSPS) is 13.1. The highest BCUT2D eigenvalue weighted by Crippen LogP contribution is 2.21. The highest BCUT2D eigenvalue weighted by atomic mass is 35.5. The molecule has 0 aliphatic heterocycles. The van der Waals surface area contributed by atoms with Crippen LogP contribution in [0.2, 0.25) is 5.02 Å². The largest absolute Gasteiger partial charge is 0.399 e. The maximum absolute atomic E-state index is 12.4. The Morgan fingerprint density at radius 1 is 1.14 bits per heavy atom. The van der Waals surface area contributed by atoms with Gasteiger partial charge in [0.05, 0.1) is 4.90 Å². The third-order valence-electron chi connectivity index (χ3n) is 3.25. The van der Waals surface area contributed by atoms with E-state index in [2.05, 4.69) is 4.72 Å². The molecule has 2 aromatic carbocycles. The summed E-state index contributed by atoms with van der Waals surface area (Å²) < 4.78 is 27.4. The van der Waals surface area contributed by atoms with E-state index < -0.39 is 10.0 Å². The Bertz CT molecular complexity index is 743. The molecular formula is C15H17ClN2O2S. The highest BCUT2D eigenvalue weighted by molar-refractivity contribution is 7.89. The van der Waals surface area contributed by atoms with Crippen molar-refractivity contribution in [1.82, 2.24) is 4.72 Å². The summed E-state index contributed by atoms with van der Waals surface area (Å²) in [6, 6.07) is 11.4. The number of nitrogen functional groups attached to an aromatic ring is 1. The molecule has 2 aromatic rings. The summed E-state index contributed by atoms with van der Waals surface area (Å²) in [5, 5.41) is 0.614. The second-order valence-corrected chi connectivity index (χ2v) is 7.06. The number of hydrogen-bond donors (Lipinski definition) is 2. The summed E-state index contributed by atoms with van der Waals surface area (Å²) in [6.07, 6.45) is 0. The number of benzene rings is 2. The van der Waals surface area contributed by atoms with Crippen molar-refractivity contribution < 1.29 is 8.42 Å². The van der Waals surface area contributed by atoms with Gasteiger partial charge in [-0.05, 0) is 55.3 Å². The Morgan fingerprint density at radius 2 is 1.76 bits per heavy atom. The number of sulfonamides is 1. The van der Waals surface area contributed by atoms with Crippen molar-refractivity contribution in [3.63, 3.8) is 0 Å². The number of nitrogens with two attached hydrogens (primary N) is 1. The topological polar surface area (TPSA) is 72.2 Å². The van der Waals surface area contributed by atoms with Gasteiger partial charge < -0.3 is 5.73 Å². The number of nitrogens with one attached hydrogen (secondary N) is 1. The van der Waals surface area contributed by atoms with Gasteiger partial charge in [0.1, 0.15) is 0 Å². The molecule has 0 saturated heterocycles. The molecule has 0 aliphatic rings. The first kappa shape index (κ1) is 15.8. The molecule has 6 heteroatoms. The van der Waals surface area contributed by atoms with E-state index in [1.165, 1.54) is 6.07 Å². The van der Waals surface area contributed by atoms with Crippen molar-refractivity contribution in [2.75, 3.05) is 5.73 Å². The van der Waals surface area contributed by atoms with E-state index in [0.717, 1.165) is 11.1 Å². The first-order chi connectivity index (χ1) is 9.79. The molecule has 0 fully saturated rings. The van der Waals surface area contributed by atoms with E-state index in [4.69, 9.17) is 17.3 Å². The first-order valence-electron chi connectivity index (χ1n) is 6.43. The number of aryl methyl sites for hydroxylation is 1. The van der Waals surface area contributed by atoms with Crippen LogP contribution in [-0.2, 0) is 10.0 Å². The van der Waals surface area contributed by atoms with Crippen LogP contribution < -0.4 is 10.5 Å². The third-order valence-corrected chi connectivity index (χ3v) is 5.04. The fraction of sp³-hybridized carbons (Fsp3) is 0.200. The minimum atomic E-state index is -3.60. The number of rotatable bonds is 4.